The molecule has 1 fully saturated rings. The Balaban J connectivity index is 1.72. The van der Waals surface area contributed by atoms with E-state index in [2.05, 4.69) is 10.4 Å². The predicted molar refractivity (Wildman–Crippen MR) is 85.3 cm³/mol. The molecule has 1 aromatic heterocycles. The van der Waals surface area contributed by atoms with Crippen LogP contribution in [0, 0.1) is 18.2 Å². The highest BCUT2D eigenvalue weighted by atomic mass is 35.5. The van der Waals surface area contributed by atoms with Gasteiger partial charge in [0.05, 0.1) is 36.6 Å². The Kier molecular flexibility index (Phi) is 4.68. The molecular formula is C16H19ClFN3O2. The van der Waals surface area contributed by atoms with Crippen molar-refractivity contribution in [2.24, 2.45) is 5.41 Å². The second-order valence-electron chi connectivity index (χ2n) is 6.00. The fourth-order valence-electron chi connectivity index (χ4n) is 2.58. The monoisotopic (exact) mass is 339 g/mol. The number of aliphatic hydroxyl groups excluding tert-OH is 1. The van der Waals surface area contributed by atoms with Crippen molar-refractivity contribution in [3.8, 4) is 5.69 Å². The van der Waals surface area contributed by atoms with Crippen LogP contribution < -0.4 is 5.32 Å². The van der Waals surface area contributed by atoms with Crippen molar-refractivity contribution in [2.45, 2.75) is 13.5 Å². The quantitative estimate of drug-likeness (QED) is 0.846. The smallest absolute Gasteiger partial charge is 0.137 e. The van der Waals surface area contributed by atoms with Gasteiger partial charge in [0.1, 0.15) is 11.0 Å². The molecule has 0 saturated carbocycles. The van der Waals surface area contributed by atoms with Crippen molar-refractivity contribution in [1.82, 2.24) is 15.1 Å². The van der Waals surface area contributed by atoms with E-state index in [0.29, 0.717) is 37.1 Å². The third-order valence-corrected chi connectivity index (χ3v) is 4.53. The van der Waals surface area contributed by atoms with Gasteiger partial charge in [-0.3, -0.25) is 0 Å². The second-order valence-corrected chi connectivity index (χ2v) is 6.36. The molecule has 1 aliphatic rings. The second kappa shape index (κ2) is 6.57. The maximum atomic E-state index is 13.0. The van der Waals surface area contributed by atoms with Gasteiger partial charge in [-0.2, -0.15) is 5.10 Å². The molecule has 1 aliphatic heterocycles. The third kappa shape index (κ3) is 3.26. The van der Waals surface area contributed by atoms with Gasteiger partial charge in [0.2, 0.25) is 0 Å². The van der Waals surface area contributed by atoms with E-state index in [0.717, 1.165) is 11.3 Å². The molecular weight excluding hydrogens is 321 g/mol. The summed E-state index contributed by atoms with van der Waals surface area (Å²) in [4.78, 5) is 0. The topological polar surface area (TPSA) is 59.3 Å². The molecule has 2 heterocycles. The van der Waals surface area contributed by atoms with E-state index in [1.165, 1.54) is 12.1 Å². The molecule has 1 aromatic carbocycles. The average Bonchev–Trinajstić information content (AvgIpc) is 2.78. The standard InChI is InChI=1S/C16H19ClFN3O2/c1-11-14(6-19-7-16(8-22)9-23-10-16)15(17)21(20-11)13-4-2-12(18)3-5-13/h2-5,19,22H,6-10H2,1H3. The van der Waals surface area contributed by atoms with Crippen molar-refractivity contribution < 1.29 is 14.2 Å². The lowest BCUT2D eigenvalue weighted by atomic mass is 9.87. The number of hydrogen-bond acceptors (Lipinski definition) is 4. The van der Waals surface area contributed by atoms with Crippen LogP contribution in [0.2, 0.25) is 5.15 Å². The maximum absolute atomic E-state index is 13.0. The predicted octanol–water partition coefficient (Wildman–Crippen LogP) is 2.07. The molecule has 0 atom stereocenters. The SMILES string of the molecule is Cc1nn(-c2ccc(F)cc2)c(Cl)c1CNCC1(CO)COC1. The molecule has 124 valence electrons. The highest BCUT2D eigenvalue weighted by Crippen LogP contribution is 2.27. The lowest BCUT2D eigenvalue weighted by molar-refractivity contribution is -0.134. The summed E-state index contributed by atoms with van der Waals surface area (Å²) < 4.78 is 19.8. The number of halogens is 2. The van der Waals surface area contributed by atoms with Crippen LogP contribution >= 0.6 is 11.6 Å². The van der Waals surface area contributed by atoms with E-state index in [4.69, 9.17) is 16.3 Å². The Morgan fingerprint density at radius 2 is 2.09 bits per heavy atom. The fraction of sp³-hybridized carbons (Fsp3) is 0.438. The van der Waals surface area contributed by atoms with Gasteiger partial charge < -0.3 is 15.2 Å². The van der Waals surface area contributed by atoms with Crippen molar-refractivity contribution in [1.29, 1.82) is 0 Å². The summed E-state index contributed by atoms with van der Waals surface area (Å²) in [6.07, 6.45) is 0. The fourth-order valence-corrected chi connectivity index (χ4v) is 2.92. The van der Waals surface area contributed by atoms with Gasteiger partial charge in [0.15, 0.2) is 0 Å². The van der Waals surface area contributed by atoms with Crippen LogP contribution in [0.4, 0.5) is 4.39 Å². The molecule has 7 heteroatoms. The number of nitrogens with one attached hydrogen (secondary N) is 1. The van der Waals surface area contributed by atoms with Crippen molar-refractivity contribution in [3.63, 3.8) is 0 Å². The molecule has 0 spiro atoms. The van der Waals surface area contributed by atoms with Crippen molar-refractivity contribution >= 4 is 11.6 Å². The summed E-state index contributed by atoms with van der Waals surface area (Å²) in [5.41, 5.74) is 2.23. The first-order valence-corrected chi connectivity index (χ1v) is 7.82. The average molecular weight is 340 g/mol. The maximum Gasteiger partial charge on any atom is 0.137 e. The van der Waals surface area contributed by atoms with Gasteiger partial charge in [-0.05, 0) is 31.2 Å². The minimum Gasteiger partial charge on any atom is -0.396 e. The van der Waals surface area contributed by atoms with Gasteiger partial charge in [-0.1, -0.05) is 11.6 Å². The van der Waals surface area contributed by atoms with Gasteiger partial charge >= 0.3 is 0 Å². The largest absolute Gasteiger partial charge is 0.396 e. The van der Waals surface area contributed by atoms with Crippen LogP contribution in [0.15, 0.2) is 24.3 Å². The minimum absolute atomic E-state index is 0.0988. The zero-order chi connectivity index (χ0) is 16.4. The summed E-state index contributed by atoms with van der Waals surface area (Å²) in [5.74, 6) is -0.298. The Morgan fingerprint density at radius 3 is 2.65 bits per heavy atom. The molecule has 0 radical (unpaired) electrons. The zero-order valence-electron chi connectivity index (χ0n) is 12.9. The van der Waals surface area contributed by atoms with Gasteiger partial charge in [-0.25, -0.2) is 9.07 Å². The lowest BCUT2D eigenvalue weighted by Crippen LogP contribution is -2.52. The Bertz CT molecular complexity index is 678. The highest BCUT2D eigenvalue weighted by molar-refractivity contribution is 6.30. The molecule has 5 nitrogen and oxygen atoms in total. The van der Waals surface area contributed by atoms with Crippen LogP contribution in [0.1, 0.15) is 11.3 Å². The molecule has 0 amide bonds. The number of aliphatic hydroxyl groups is 1. The van der Waals surface area contributed by atoms with E-state index < -0.39 is 0 Å². The summed E-state index contributed by atoms with van der Waals surface area (Å²) >= 11 is 6.43. The molecule has 23 heavy (non-hydrogen) atoms. The molecule has 3 rings (SSSR count). The van der Waals surface area contributed by atoms with E-state index in [1.54, 1.807) is 16.8 Å². The van der Waals surface area contributed by atoms with Gasteiger partial charge in [0.25, 0.3) is 0 Å². The first-order chi connectivity index (χ1) is 11.0. The van der Waals surface area contributed by atoms with Gasteiger partial charge in [0, 0.05) is 18.7 Å². The third-order valence-electron chi connectivity index (χ3n) is 4.15. The Hall–Kier alpha value is -1.47. The van der Waals surface area contributed by atoms with Crippen LogP contribution in [-0.4, -0.2) is 41.3 Å². The first-order valence-electron chi connectivity index (χ1n) is 7.44. The number of benzene rings is 1. The molecule has 2 aromatic rings. The Labute approximate surface area is 139 Å². The number of hydrogen-bond donors (Lipinski definition) is 2. The summed E-state index contributed by atoms with van der Waals surface area (Å²) in [7, 11) is 0. The summed E-state index contributed by atoms with van der Waals surface area (Å²) in [5, 5.41) is 17.7. The summed E-state index contributed by atoms with van der Waals surface area (Å²) in [6, 6.07) is 6.03. The highest BCUT2D eigenvalue weighted by Gasteiger charge is 2.37. The summed E-state index contributed by atoms with van der Waals surface area (Å²) in [6.45, 7) is 4.32. The lowest BCUT2D eigenvalue weighted by Gasteiger charge is -2.40. The Morgan fingerprint density at radius 1 is 1.39 bits per heavy atom. The molecule has 1 saturated heterocycles. The van der Waals surface area contributed by atoms with E-state index in [-0.39, 0.29) is 17.8 Å². The van der Waals surface area contributed by atoms with Crippen LogP contribution in [-0.2, 0) is 11.3 Å². The van der Waals surface area contributed by atoms with E-state index in [9.17, 15) is 9.50 Å². The number of ether oxygens (including phenoxy) is 1. The van der Waals surface area contributed by atoms with E-state index >= 15 is 0 Å². The number of aryl methyl sites for hydroxylation is 1. The van der Waals surface area contributed by atoms with Crippen LogP contribution in [0.25, 0.3) is 5.69 Å². The zero-order valence-corrected chi connectivity index (χ0v) is 13.6. The molecule has 0 bridgehead atoms. The first kappa shape index (κ1) is 16.4. The van der Waals surface area contributed by atoms with Crippen molar-refractivity contribution in [2.75, 3.05) is 26.4 Å². The molecule has 2 N–H and O–H groups in total. The van der Waals surface area contributed by atoms with Crippen LogP contribution in [0.5, 0.6) is 0 Å². The van der Waals surface area contributed by atoms with Crippen molar-refractivity contribution in [3.05, 3.63) is 46.5 Å². The molecule has 0 aliphatic carbocycles. The number of aromatic nitrogens is 2. The van der Waals surface area contributed by atoms with Crippen LogP contribution in [0.3, 0.4) is 0 Å². The van der Waals surface area contributed by atoms with Gasteiger partial charge in [-0.15, -0.1) is 0 Å². The normalized spacial score (nSPS) is 16.3. The number of rotatable bonds is 6. The number of nitrogens with zero attached hydrogens (tertiary/aromatic N) is 2. The molecule has 0 unspecified atom stereocenters. The van der Waals surface area contributed by atoms with E-state index in [1.807, 2.05) is 6.92 Å². The minimum atomic E-state index is -0.298.